The van der Waals surface area contributed by atoms with Crippen molar-refractivity contribution in [3.63, 3.8) is 0 Å². The van der Waals surface area contributed by atoms with Gasteiger partial charge in [-0.25, -0.2) is 0 Å². The van der Waals surface area contributed by atoms with Crippen LogP contribution in [0.25, 0.3) is 16.6 Å². The summed E-state index contributed by atoms with van der Waals surface area (Å²) >= 11 is 12.0. The Morgan fingerprint density at radius 1 is 1.10 bits per heavy atom. The molecule has 1 heterocycles. The molecule has 0 amide bonds. The highest BCUT2D eigenvalue weighted by Crippen LogP contribution is 2.34. The molecule has 0 atom stereocenters. The molecule has 0 radical (unpaired) electrons. The van der Waals surface area contributed by atoms with Crippen molar-refractivity contribution in [2.24, 2.45) is 5.92 Å². The number of benzene rings is 2. The van der Waals surface area contributed by atoms with Gasteiger partial charge in [0.2, 0.25) is 0 Å². The number of esters is 1. The third kappa shape index (κ3) is 4.65. The lowest BCUT2D eigenvalue weighted by atomic mass is 10.0. The average molecular weight is 432 g/mol. The SMILES string of the molecule is CC(=O)Oc1ccc2c(C(=O)CCl)c(CCC(C)C)n(-c3ccc(Cl)cc3)c2c1. The summed E-state index contributed by atoms with van der Waals surface area (Å²) in [6, 6.07) is 12.8. The Kier molecular flexibility index (Phi) is 6.66. The zero-order valence-corrected chi connectivity index (χ0v) is 18.2. The summed E-state index contributed by atoms with van der Waals surface area (Å²) in [6.45, 7) is 5.66. The number of carbonyl (C=O) groups excluding carboxylic acids is 2. The number of carbonyl (C=O) groups is 2. The summed E-state index contributed by atoms with van der Waals surface area (Å²) in [7, 11) is 0. The molecule has 29 heavy (non-hydrogen) atoms. The van der Waals surface area contributed by atoms with Crippen LogP contribution < -0.4 is 4.74 Å². The summed E-state index contributed by atoms with van der Waals surface area (Å²) in [5, 5.41) is 1.42. The average Bonchev–Trinajstić information content (AvgIpc) is 2.99. The molecule has 6 heteroatoms. The van der Waals surface area contributed by atoms with E-state index in [9.17, 15) is 9.59 Å². The molecule has 0 fully saturated rings. The van der Waals surface area contributed by atoms with Gasteiger partial charge in [-0.15, -0.1) is 11.6 Å². The molecule has 1 aromatic heterocycles. The van der Waals surface area contributed by atoms with E-state index in [1.165, 1.54) is 6.92 Å². The van der Waals surface area contributed by atoms with Gasteiger partial charge in [-0.05, 0) is 55.2 Å². The van der Waals surface area contributed by atoms with Crippen molar-refractivity contribution in [2.75, 3.05) is 5.88 Å². The lowest BCUT2D eigenvalue weighted by Crippen LogP contribution is -2.09. The number of nitrogens with zero attached hydrogens (tertiary/aromatic N) is 1. The van der Waals surface area contributed by atoms with Gasteiger partial charge >= 0.3 is 5.97 Å². The quantitative estimate of drug-likeness (QED) is 0.193. The number of Topliss-reactive ketones (excluding diaryl/α,β-unsaturated/α-hetero) is 1. The van der Waals surface area contributed by atoms with Crippen LogP contribution in [0.4, 0.5) is 0 Å². The van der Waals surface area contributed by atoms with Gasteiger partial charge in [0.05, 0.1) is 11.4 Å². The van der Waals surface area contributed by atoms with Crippen molar-refractivity contribution in [1.29, 1.82) is 0 Å². The van der Waals surface area contributed by atoms with Gasteiger partial charge in [0.1, 0.15) is 5.75 Å². The summed E-state index contributed by atoms with van der Waals surface area (Å²) in [4.78, 5) is 24.2. The minimum absolute atomic E-state index is 0.0971. The van der Waals surface area contributed by atoms with Crippen LogP contribution >= 0.6 is 23.2 Å². The molecule has 0 aliphatic carbocycles. The van der Waals surface area contributed by atoms with E-state index in [1.54, 1.807) is 12.1 Å². The molecule has 0 spiro atoms. The van der Waals surface area contributed by atoms with Gasteiger partial charge in [-0.3, -0.25) is 9.59 Å². The van der Waals surface area contributed by atoms with Gasteiger partial charge in [0.15, 0.2) is 5.78 Å². The van der Waals surface area contributed by atoms with Crippen molar-refractivity contribution in [3.8, 4) is 11.4 Å². The normalized spacial score (nSPS) is 11.2. The molecule has 0 bridgehead atoms. The number of halogens is 2. The fourth-order valence-electron chi connectivity index (χ4n) is 3.48. The third-order valence-electron chi connectivity index (χ3n) is 4.74. The van der Waals surface area contributed by atoms with Crippen LogP contribution in [0.15, 0.2) is 42.5 Å². The number of hydrogen-bond donors (Lipinski definition) is 0. The van der Waals surface area contributed by atoms with Gasteiger partial charge in [-0.1, -0.05) is 25.4 Å². The molecular formula is C23H23Cl2NO3. The fraction of sp³-hybridized carbons (Fsp3) is 0.304. The molecule has 3 aromatic rings. The standard InChI is InChI=1S/C23H23Cl2NO3/c1-14(2)4-11-20-23(22(28)13-24)19-10-9-18(29-15(3)27)12-21(19)26(20)17-7-5-16(25)6-8-17/h5-10,12,14H,4,11,13H2,1-3H3. The second kappa shape index (κ2) is 9.02. The summed E-state index contributed by atoms with van der Waals surface area (Å²) < 4.78 is 7.32. The highest BCUT2D eigenvalue weighted by atomic mass is 35.5. The van der Waals surface area contributed by atoms with Crippen molar-refractivity contribution >= 4 is 45.9 Å². The Morgan fingerprint density at radius 2 is 1.79 bits per heavy atom. The predicted molar refractivity (Wildman–Crippen MR) is 118 cm³/mol. The van der Waals surface area contributed by atoms with Gasteiger partial charge < -0.3 is 9.30 Å². The first kappa shape index (κ1) is 21.4. The van der Waals surface area contributed by atoms with Crippen LogP contribution in [0.5, 0.6) is 5.75 Å². The molecular weight excluding hydrogens is 409 g/mol. The number of fused-ring (bicyclic) bond motifs is 1. The van der Waals surface area contributed by atoms with Crippen molar-refractivity contribution in [2.45, 2.75) is 33.6 Å². The van der Waals surface area contributed by atoms with E-state index in [2.05, 4.69) is 13.8 Å². The fourth-order valence-corrected chi connectivity index (χ4v) is 3.73. The van der Waals surface area contributed by atoms with E-state index in [-0.39, 0.29) is 11.7 Å². The Morgan fingerprint density at radius 3 is 2.38 bits per heavy atom. The van der Waals surface area contributed by atoms with Gasteiger partial charge in [0.25, 0.3) is 0 Å². The molecule has 4 nitrogen and oxygen atoms in total. The second-order valence-corrected chi connectivity index (χ2v) is 8.10. The Hall–Kier alpha value is -2.30. The Bertz CT molecular complexity index is 1050. The maximum absolute atomic E-state index is 12.8. The maximum Gasteiger partial charge on any atom is 0.308 e. The molecule has 0 N–H and O–H groups in total. The number of hydrogen-bond acceptors (Lipinski definition) is 3. The smallest absolute Gasteiger partial charge is 0.308 e. The first-order chi connectivity index (χ1) is 13.8. The van der Waals surface area contributed by atoms with E-state index in [4.69, 9.17) is 27.9 Å². The van der Waals surface area contributed by atoms with Crippen LogP contribution in [0.1, 0.15) is 43.2 Å². The maximum atomic E-state index is 12.8. The molecule has 0 saturated heterocycles. The van der Waals surface area contributed by atoms with Crippen molar-refractivity contribution in [1.82, 2.24) is 4.57 Å². The molecule has 0 aliphatic rings. The van der Waals surface area contributed by atoms with Gasteiger partial charge in [0, 0.05) is 40.3 Å². The van der Waals surface area contributed by atoms with Crippen LogP contribution in [-0.4, -0.2) is 22.2 Å². The third-order valence-corrected chi connectivity index (χ3v) is 5.24. The topological polar surface area (TPSA) is 48.3 Å². The minimum Gasteiger partial charge on any atom is -0.427 e. The minimum atomic E-state index is -0.397. The summed E-state index contributed by atoms with van der Waals surface area (Å²) in [6.07, 6.45) is 1.64. The zero-order valence-electron chi connectivity index (χ0n) is 16.7. The molecule has 0 unspecified atom stereocenters. The van der Waals surface area contributed by atoms with E-state index < -0.39 is 5.97 Å². The van der Waals surface area contributed by atoms with Crippen molar-refractivity contribution < 1.29 is 14.3 Å². The van der Waals surface area contributed by atoms with Gasteiger partial charge in [-0.2, -0.15) is 0 Å². The van der Waals surface area contributed by atoms with Crippen LogP contribution in [0, 0.1) is 5.92 Å². The number of ketones is 1. The highest BCUT2D eigenvalue weighted by molar-refractivity contribution is 6.32. The molecule has 2 aromatic carbocycles. The Balaban J connectivity index is 2.33. The van der Waals surface area contributed by atoms with Crippen LogP contribution in [0.3, 0.4) is 0 Å². The second-order valence-electron chi connectivity index (χ2n) is 7.40. The lowest BCUT2D eigenvalue weighted by Gasteiger charge is -2.14. The monoisotopic (exact) mass is 431 g/mol. The number of rotatable bonds is 7. The Labute approximate surface area is 180 Å². The first-order valence-corrected chi connectivity index (χ1v) is 10.4. The van der Waals surface area contributed by atoms with E-state index in [1.807, 2.05) is 34.9 Å². The molecule has 0 aliphatic heterocycles. The van der Waals surface area contributed by atoms with E-state index in [0.29, 0.717) is 22.3 Å². The van der Waals surface area contributed by atoms with E-state index in [0.717, 1.165) is 35.1 Å². The van der Waals surface area contributed by atoms with E-state index >= 15 is 0 Å². The number of alkyl halides is 1. The van der Waals surface area contributed by atoms with Crippen LogP contribution in [0.2, 0.25) is 5.02 Å². The predicted octanol–water partition coefficient (Wildman–Crippen LogP) is 6.22. The lowest BCUT2D eigenvalue weighted by molar-refractivity contribution is -0.131. The molecule has 152 valence electrons. The number of aromatic nitrogens is 1. The zero-order chi connectivity index (χ0) is 21.1. The molecule has 3 rings (SSSR count). The largest absolute Gasteiger partial charge is 0.427 e. The summed E-state index contributed by atoms with van der Waals surface area (Å²) in [5.74, 6) is 0.287. The highest BCUT2D eigenvalue weighted by Gasteiger charge is 2.23. The first-order valence-electron chi connectivity index (χ1n) is 9.52. The van der Waals surface area contributed by atoms with Crippen molar-refractivity contribution in [3.05, 3.63) is 58.7 Å². The summed E-state index contributed by atoms with van der Waals surface area (Å²) in [5.41, 5.74) is 3.20. The van der Waals surface area contributed by atoms with Crippen LogP contribution in [-0.2, 0) is 11.2 Å². The molecule has 0 saturated carbocycles. The number of ether oxygens (including phenoxy) is 1.